The van der Waals surface area contributed by atoms with Crippen molar-refractivity contribution in [2.24, 2.45) is 16.8 Å². The van der Waals surface area contributed by atoms with E-state index >= 15 is 0 Å². The number of aliphatic imine (C=N–C) groups is 1. The molecule has 0 bridgehead atoms. The van der Waals surface area contributed by atoms with Crippen LogP contribution in [0.3, 0.4) is 0 Å². The van der Waals surface area contributed by atoms with Crippen molar-refractivity contribution in [2.45, 2.75) is 65.3 Å². The Labute approximate surface area is 222 Å². The Morgan fingerprint density at radius 2 is 1.78 bits per heavy atom. The highest BCUT2D eigenvalue weighted by Crippen LogP contribution is 2.28. The monoisotopic (exact) mass is 527 g/mol. The van der Waals surface area contributed by atoms with Crippen LogP contribution in [0, 0.1) is 17.7 Å². The first kappa shape index (κ1) is 27.0. The second-order valence-corrected chi connectivity index (χ2v) is 10.7. The molecular weight excluding hydrogens is 493 g/mol. The Morgan fingerprint density at radius 1 is 1.11 bits per heavy atom. The number of rotatable bonds is 7. The lowest BCUT2D eigenvalue weighted by Crippen LogP contribution is -2.43. The third kappa shape index (κ3) is 6.86. The zero-order valence-electron chi connectivity index (χ0n) is 21.6. The Morgan fingerprint density at radius 3 is 2.43 bits per heavy atom. The van der Waals surface area contributed by atoms with Gasteiger partial charge >= 0.3 is 5.69 Å². The summed E-state index contributed by atoms with van der Waals surface area (Å²) in [7, 11) is 0. The number of hydrogen-bond acceptors (Lipinski definition) is 4. The molecule has 0 spiro atoms. The third-order valence-electron chi connectivity index (χ3n) is 7.25. The molecule has 198 valence electrons. The number of allylic oxidation sites excluding steroid dienone is 3. The molecule has 1 aliphatic carbocycles. The molecule has 7 nitrogen and oxygen atoms in total. The molecule has 1 aromatic heterocycles. The normalized spacial score (nSPS) is 18.6. The number of halogens is 2. The van der Waals surface area contributed by atoms with Gasteiger partial charge in [-0.1, -0.05) is 30.9 Å². The Kier molecular flexibility index (Phi) is 9.14. The van der Waals surface area contributed by atoms with E-state index in [4.69, 9.17) is 11.6 Å². The fraction of sp³-hybridized carbons (Fsp3) is 0.500. The van der Waals surface area contributed by atoms with Gasteiger partial charge in [-0.05, 0) is 81.4 Å². The van der Waals surface area contributed by atoms with E-state index < -0.39 is 0 Å². The van der Waals surface area contributed by atoms with Crippen LogP contribution in [0.4, 0.5) is 4.39 Å². The molecule has 0 atom stereocenters. The van der Waals surface area contributed by atoms with Gasteiger partial charge in [-0.3, -0.25) is 9.79 Å². The van der Waals surface area contributed by atoms with Gasteiger partial charge in [0.2, 0.25) is 5.91 Å². The Balaban J connectivity index is 1.52. The number of carbonyl (C=O) groups excluding carboxylic acids is 1. The van der Waals surface area contributed by atoms with Gasteiger partial charge in [0.15, 0.2) is 5.82 Å². The van der Waals surface area contributed by atoms with Crippen LogP contribution in [-0.2, 0) is 11.3 Å². The van der Waals surface area contributed by atoms with Crippen LogP contribution in [0.25, 0.3) is 11.3 Å². The van der Waals surface area contributed by atoms with Gasteiger partial charge in [0.25, 0.3) is 0 Å². The summed E-state index contributed by atoms with van der Waals surface area (Å²) in [5.41, 5.74) is 1.00. The molecule has 4 rings (SSSR count). The topological polar surface area (TPSA) is 72.5 Å². The van der Waals surface area contributed by atoms with Crippen molar-refractivity contribution in [1.29, 1.82) is 0 Å². The molecule has 9 heteroatoms. The summed E-state index contributed by atoms with van der Waals surface area (Å²) >= 11 is 5.82. The molecular formula is C28H35ClFN5O2. The number of likely N-dealkylation sites (tertiary alicyclic amines) is 1. The summed E-state index contributed by atoms with van der Waals surface area (Å²) < 4.78 is 16.6. The lowest BCUT2D eigenvalue weighted by atomic mass is 9.87. The molecule has 2 fully saturated rings. The maximum atomic E-state index is 13.6. The molecule has 1 aliphatic heterocycles. The predicted octanol–water partition coefficient (Wildman–Crippen LogP) is 5.57. The first-order chi connectivity index (χ1) is 17.8. The first-order valence-corrected chi connectivity index (χ1v) is 13.5. The van der Waals surface area contributed by atoms with E-state index in [-0.39, 0.29) is 23.3 Å². The molecule has 1 saturated heterocycles. The standard InChI is InChI=1S/C28H35ClFN5O2/c1-20(12-15-31-18-21(2)29)26-32-34(28(37)35(26)25-10-8-24(30)9-11-25)19-22-13-16-33(17-14-22)27(36)23-6-4-3-5-7-23/h8-12,15,18,22-23H,3-7,13-14,16-17,19H2,1-2H3/b20-12+,21-18+,31-15-. The number of carbonyl (C=O) groups is 1. The van der Waals surface area contributed by atoms with Crippen molar-refractivity contribution in [3.8, 4) is 5.69 Å². The van der Waals surface area contributed by atoms with Crippen molar-refractivity contribution < 1.29 is 9.18 Å². The van der Waals surface area contributed by atoms with Crippen LogP contribution in [-0.4, -0.2) is 44.5 Å². The smallest absolute Gasteiger partial charge is 0.342 e. The van der Waals surface area contributed by atoms with Crippen LogP contribution in [0.1, 0.15) is 64.6 Å². The van der Waals surface area contributed by atoms with Gasteiger partial charge in [0.05, 0.1) is 5.69 Å². The second-order valence-electron chi connectivity index (χ2n) is 10.1. The van der Waals surface area contributed by atoms with E-state index in [9.17, 15) is 14.0 Å². The largest absolute Gasteiger partial charge is 0.350 e. The zero-order valence-corrected chi connectivity index (χ0v) is 22.3. The summed E-state index contributed by atoms with van der Waals surface area (Å²) in [6.45, 7) is 5.51. The van der Waals surface area contributed by atoms with Gasteiger partial charge in [-0.15, -0.1) is 5.10 Å². The van der Waals surface area contributed by atoms with E-state index in [0.29, 0.717) is 29.0 Å². The zero-order chi connectivity index (χ0) is 26.4. The van der Waals surface area contributed by atoms with Gasteiger partial charge in [0.1, 0.15) is 5.82 Å². The van der Waals surface area contributed by atoms with Crippen LogP contribution in [0.15, 0.2) is 51.4 Å². The number of benzene rings is 1. The second kappa shape index (κ2) is 12.5. The summed E-state index contributed by atoms with van der Waals surface area (Å²) in [4.78, 5) is 32.5. The van der Waals surface area contributed by atoms with Crippen molar-refractivity contribution in [2.75, 3.05) is 13.1 Å². The average molecular weight is 528 g/mol. The lowest BCUT2D eigenvalue weighted by Gasteiger charge is -2.35. The van der Waals surface area contributed by atoms with E-state index in [1.165, 1.54) is 34.0 Å². The van der Waals surface area contributed by atoms with E-state index in [1.807, 2.05) is 11.8 Å². The molecule has 1 amide bonds. The van der Waals surface area contributed by atoms with Crippen LogP contribution >= 0.6 is 11.6 Å². The molecule has 0 N–H and O–H groups in total. The molecule has 37 heavy (non-hydrogen) atoms. The molecule has 1 saturated carbocycles. The van der Waals surface area contributed by atoms with E-state index in [2.05, 4.69) is 10.1 Å². The summed E-state index contributed by atoms with van der Waals surface area (Å²) in [6.07, 6.45) is 12.1. The Bertz CT molecular complexity index is 1230. The first-order valence-electron chi connectivity index (χ1n) is 13.1. The third-order valence-corrected chi connectivity index (χ3v) is 7.35. The number of nitrogens with zero attached hydrogens (tertiary/aromatic N) is 5. The van der Waals surface area contributed by atoms with Crippen molar-refractivity contribution in [1.82, 2.24) is 19.2 Å². The van der Waals surface area contributed by atoms with Crippen LogP contribution in [0.5, 0.6) is 0 Å². The van der Waals surface area contributed by atoms with Crippen LogP contribution in [0.2, 0.25) is 0 Å². The minimum atomic E-state index is -0.372. The molecule has 0 radical (unpaired) electrons. The fourth-order valence-electron chi connectivity index (χ4n) is 5.17. The molecule has 2 aromatic rings. The average Bonchev–Trinajstić information content (AvgIpc) is 3.23. The van der Waals surface area contributed by atoms with E-state index in [0.717, 1.165) is 57.2 Å². The quantitative estimate of drug-likeness (QED) is 0.442. The molecule has 2 heterocycles. The fourth-order valence-corrected chi connectivity index (χ4v) is 5.22. The van der Waals surface area contributed by atoms with Crippen LogP contribution < -0.4 is 5.69 Å². The molecule has 0 unspecified atom stereocenters. The minimum absolute atomic E-state index is 0.184. The molecule has 2 aliphatic rings. The van der Waals surface area contributed by atoms with Gasteiger partial charge < -0.3 is 4.90 Å². The number of aromatic nitrogens is 3. The highest BCUT2D eigenvalue weighted by molar-refractivity contribution is 6.29. The highest BCUT2D eigenvalue weighted by Gasteiger charge is 2.30. The molecule has 1 aromatic carbocycles. The summed E-state index contributed by atoms with van der Waals surface area (Å²) in [6, 6.07) is 5.80. The van der Waals surface area contributed by atoms with Gasteiger partial charge in [-0.25, -0.2) is 18.4 Å². The van der Waals surface area contributed by atoms with Crippen molar-refractivity contribution in [3.63, 3.8) is 0 Å². The van der Waals surface area contributed by atoms with Gasteiger partial charge in [0, 0.05) is 43.0 Å². The minimum Gasteiger partial charge on any atom is -0.342 e. The summed E-state index contributed by atoms with van der Waals surface area (Å²) in [5, 5.41) is 5.22. The van der Waals surface area contributed by atoms with Crippen molar-refractivity contribution in [3.05, 3.63) is 63.7 Å². The maximum Gasteiger partial charge on any atom is 0.350 e. The SMILES string of the molecule is C\C(Cl)=C/N=C\C=C(/C)c1nn(CC2CCN(C(=O)C3CCCCC3)CC2)c(=O)n1-c1ccc(F)cc1. The number of amides is 1. The van der Waals surface area contributed by atoms with Gasteiger partial charge in [-0.2, -0.15) is 0 Å². The Hall–Kier alpha value is -3.00. The lowest BCUT2D eigenvalue weighted by molar-refractivity contribution is -0.138. The van der Waals surface area contributed by atoms with E-state index in [1.54, 1.807) is 31.3 Å². The number of piperidine rings is 1. The number of hydrogen-bond donors (Lipinski definition) is 0. The predicted molar refractivity (Wildman–Crippen MR) is 145 cm³/mol. The van der Waals surface area contributed by atoms with Crippen molar-refractivity contribution >= 4 is 29.3 Å². The maximum absolute atomic E-state index is 13.6. The summed E-state index contributed by atoms with van der Waals surface area (Å²) in [5.74, 6) is 0.839. The highest BCUT2D eigenvalue weighted by atomic mass is 35.5.